The molecule has 0 N–H and O–H groups in total. The van der Waals surface area contributed by atoms with Gasteiger partial charge in [0, 0.05) is 13.6 Å². The molecule has 0 bridgehead atoms. The van der Waals surface area contributed by atoms with E-state index in [2.05, 4.69) is 0 Å². The molecule has 0 unspecified atom stereocenters. The molecular formula is C15H14F3NO3S. The van der Waals surface area contributed by atoms with Gasteiger partial charge in [0.1, 0.15) is 10.6 Å². The number of halogens is 3. The van der Waals surface area contributed by atoms with Crippen molar-refractivity contribution < 1.29 is 26.3 Å². The van der Waals surface area contributed by atoms with Gasteiger partial charge in [-0.05, 0) is 29.8 Å². The minimum Gasteiger partial charge on any atom is -0.497 e. The molecule has 0 amide bonds. The fourth-order valence-corrected chi connectivity index (χ4v) is 3.16. The van der Waals surface area contributed by atoms with E-state index in [4.69, 9.17) is 4.74 Å². The second-order valence-electron chi connectivity index (χ2n) is 4.78. The van der Waals surface area contributed by atoms with Gasteiger partial charge in [-0.15, -0.1) is 0 Å². The Hall–Kier alpha value is -2.06. The van der Waals surface area contributed by atoms with Crippen LogP contribution < -0.4 is 4.74 Å². The van der Waals surface area contributed by atoms with Crippen molar-refractivity contribution in [2.45, 2.75) is 11.4 Å². The SMILES string of the molecule is COc1ccc(CN(C)S(=O)(=O)c2ccc(F)c(F)c2F)cc1. The summed E-state index contributed by atoms with van der Waals surface area (Å²) < 4.78 is 70.4. The molecular weight excluding hydrogens is 331 g/mol. The summed E-state index contributed by atoms with van der Waals surface area (Å²) in [6.07, 6.45) is 0. The second kappa shape index (κ2) is 6.59. The molecule has 0 aromatic heterocycles. The first-order valence-corrected chi connectivity index (χ1v) is 7.94. The Morgan fingerprint density at radius 3 is 2.17 bits per heavy atom. The molecule has 2 aromatic carbocycles. The van der Waals surface area contributed by atoms with E-state index in [0.29, 0.717) is 23.4 Å². The van der Waals surface area contributed by atoms with Crippen LogP contribution in [0.3, 0.4) is 0 Å². The van der Waals surface area contributed by atoms with Crippen LogP contribution in [0.4, 0.5) is 13.2 Å². The summed E-state index contributed by atoms with van der Waals surface area (Å²) in [6.45, 7) is -0.0647. The van der Waals surface area contributed by atoms with Gasteiger partial charge in [-0.3, -0.25) is 0 Å². The predicted octanol–water partition coefficient (Wildman–Crippen LogP) is 2.93. The molecule has 0 saturated carbocycles. The molecule has 0 radical (unpaired) electrons. The van der Waals surface area contributed by atoms with Gasteiger partial charge in [-0.2, -0.15) is 4.31 Å². The van der Waals surface area contributed by atoms with Gasteiger partial charge in [-0.1, -0.05) is 12.1 Å². The minimum atomic E-state index is -4.30. The summed E-state index contributed by atoms with van der Waals surface area (Å²) in [5.74, 6) is -4.39. The Bertz CT molecular complexity index is 807. The molecule has 0 aliphatic carbocycles. The molecule has 0 heterocycles. The summed E-state index contributed by atoms with van der Waals surface area (Å²) in [5, 5.41) is 0. The number of hydrogen-bond donors (Lipinski definition) is 0. The number of sulfonamides is 1. The van der Waals surface area contributed by atoms with Crippen LogP contribution >= 0.6 is 0 Å². The van der Waals surface area contributed by atoms with Gasteiger partial charge < -0.3 is 4.74 Å². The van der Waals surface area contributed by atoms with E-state index in [-0.39, 0.29) is 6.54 Å². The zero-order valence-corrected chi connectivity index (χ0v) is 13.2. The minimum absolute atomic E-state index is 0.0647. The third kappa shape index (κ3) is 3.48. The molecule has 0 fully saturated rings. The molecule has 0 aliphatic rings. The van der Waals surface area contributed by atoms with Gasteiger partial charge in [0.2, 0.25) is 10.0 Å². The van der Waals surface area contributed by atoms with Crippen molar-refractivity contribution in [1.29, 1.82) is 0 Å². The first-order valence-electron chi connectivity index (χ1n) is 6.50. The highest BCUT2D eigenvalue weighted by molar-refractivity contribution is 7.89. The van der Waals surface area contributed by atoms with Crippen molar-refractivity contribution in [3.05, 3.63) is 59.4 Å². The maximum absolute atomic E-state index is 13.7. The van der Waals surface area contributed by atoms with Crippen molar-refractivity contribution in [1.82, 2.24) is 4.31 Å². The lowest BCUT2D eigenvalue weighted by Gasteiger charge is -2.18. The van der Waals surface area contributed by atoms with E-state index in [0.717, 1.165) is 4.31 Å². The fourth-order valence-electron chi connectivity index (χ4n) is 1.95. The zero-order chi connectivity index (χ0) is 17.2. The Morgan fingerprint density at radius 1 is 1.00 bits per heavy atom. The van der Waals surface area contributed by atoms with E-state index in [1.165, 1.54) is 14.2 Å². The molecule has 0 atom stereocenters. The Morgan fingerprint density at radius 2 is 1.61 bits per heavy atom. The Kier molecular flexibility index (Phi) is 4.96. The van der Waals surface area contributed by atoms with Crippen LogP contribution in [0.5, 0.6) is 5.75 Å². The molecule has 2 rings (SSSR count). The lowest BCUT2D eigenvalue weighted by Crippen LogP contribution is -2.27. The number of benzene rings is 2. The number of ether oxygens (including phenoxy) is 1. The maximum Gasteiger partial charge on any atom is 0.246 e. The number of nitrogens with zero attached hydrogens (tertiary/aromatic N) is 1. The standard InChI is InChI=1S/C15H14F3NO3S/c1-19(9-10-3-5-11(22-2)6-4-10)23(20,21)13-8-7-12(16)14(17)15(13)18/h3-8H,9H2,1-2H3. The quantitative estimate of drug-likeness (QED) is 0.783. The van der Waals surface area contributed by atoms with Crippen LogP contribution in [-0.4, -0.2) is 26.9 Å². The van der Waals surface area contributed by atoms with Gasteiger partial charge in [0.15, 0.2) is 17.5 Å². The highest BCUT2D eigenvalue weighted by Crippen LogP contribution is 2.23. The largest absolute Gasteiger partial charge is 0.497 e. The first kappa shape index (κ1) is 17.3. The molecule has 2 aromatic rings. The van der Waals surface area contributed by atoms with E-state index in [1.807, 2.05) is 0 Å². The molecule has 0 spiro atoms. The molecule has 124 valence electrons. The zero-order valence-electron chi connectivity index (χ0n) is 12.4. The summed E-state index contributed by atoms with van der Waals surface area (Å²) in [6, 6.07) is 7.86. The van der Waals surface area contributed by atoms with Gasteiger partial charge in [0.25, 0.3) is 0 Å². The van der Waals surface area contributed by atoms with Gasteiger partial charge in [0.05, 0.1) is 7.11 Å². The highest BCUT2D eigenvalue weighted by Gasteiger charge is 2.27. The lowest BCUT2D eigenvalue weighted by molar-refractivity contribution is 0.413. The van der Waals surface area contributed by atoms with E-state index < -0.39 is 32.4 Å². The van der Waals surface area contributed by atoms with Crippen LogP contribution in [0.1, 0.15) is 5.56 Å². The van der Waals surface area contributed by atoms with Crippen LogP contribution in [0.15, 0.2) is 41.3 Å². The van der Waals surface area contributed by atoms with Crippen molar-refractivity contribution in [3.8, 4) is 5.75 Å². The predicted molar refractivity (Wildman–Crippen MR) is 78.0 cm³/mol. The average Bonchev–Trinajstić information content (AvgIpc) is 2.53. The van der Waals surface area contributed by atoms with Crippen LogP contribution in [-0.2, 0) is 16.6 Å². The Labute approximate surface area is 132 Å². The second-order valence-corrected chi connectivity index (χ2v) is 6.80. The summed E-state index contributed by atoms with van der Waals surface area (Å²) in [4.78, 5) is -0.910. The number of methoxy groups -OCH3 is 1. The van der Waals surface area contributed by atoms with Crippen LogP contribution in [0.2, 0.25) is 0 Å². The first-order chi connectivity index (χ1) is 10.8. The van der Waals surface area contributed by atoms with Crippen LogP contribution in [0, 0.1) is 17.5 Å². The van der Waals surface area contributed by atoms with E-state index in [9.17, 15) is 21.6 Å². The maximum atomic E-state index is 13.7. The smallest absolute Gasteiger partial charge is 0.246 e. The molecule has 0 aliphatic heterocycles. The Balaban J connectivity index is 2.30. The number of hydrogen-bond acceptors (Lipinski definition) is 3. The third-order valence-electron chi connectivity index (χ3n) is 3.25. The summed E-state index contributed by atoms with van der Waals surface area (Å²) >= 11 is 0. The van der Waals surface area contributed by atoms with Gasteiger partial charge >= 0.3 is 0 Å². The van der Waals surface area contributed by atoms with E-state index >= 15 is 0 Å². The van der Waals surface area contributed by atoms with Crippen molar-refractivity contribution in [3.63, 3.8) is 0 Å². The monoisotopic (exact) mass is 345 g/mol. The topological polar surface area (TPSA) is 46.6 Å². The lowest BCUT2D eigenvalue weighted by atomic mass is 10.2. The number of rotatable bonds is 5. The molecule has 23 heavy (non-hydrogen) atoms. The highest BCUT2D eigenvalue weighted by atomic mass is 32.2. The van der Waals surface area contributed by atoms with Crippen molar-refractivity contribution >= 4 is 10.0 Å². The molecule has 8 heteroatoms. The van der Waals surface area contributed by atoms with E-state index in [1.54, 1.807) is 24.3 Å². The van der Waals surface area contributed by atoms with Gasteiger partial charge in [-0.25, -0.2) is 21.6 Å². The van der Waals surface area contributed by atoms with Crippen molar-refractivity contribution in [2.75, 3.05) is 14.2 Å². The fraction of sp³-hybridized carbons (Fsp3) is 0.200. The summed E-state index contributed by atoms with van der Waals surface area (Å²) in [5.41, 5.74) is 0.625. The average molecular weight is 345 g/mol. The molecule has 4 nitrogen and oxygen atoms in total. The third-order valence-corrected chi connectivity index (χ3v) is 5.07. The van der Waals surface area contributed by atoms with Crippen molar-refractivity contribution in [2.24, 2.45) is 0 Å². The summed E-state index contributed by atoms with van der Waals surface area (Å²) in [7, 11) is -1.58. The normalized spacial score (nSPS) is 11.7. The molecule has 0 saturated heterocycles. The van der Waals surface area contributed by atoms with Crippen LogP contribution in [0.25, 0.3) is 0 Å².